The third-order valence-corrected chi connectivity index (χ3v) is 3.46. The van der Waals surface area contributed by atoms with Crippen LogP contribution in [0.5, 0.6) is 0 Å². The predicted octanol–water partition coefficient (Wildman–Crippen LogP) is -0.414. The van der Waals surface area contributed by atoms with Gasteiger partial charge >= 0.3 is 11.9 Å². The second-order valence-corrected chi connectivity index (χ2v) is 4.43. The minimum atomic E-state index is -1.08. The minimum absolute atomic E-state index is 0.0393. The van der Waals surface area contributed by atoms with E-state index in [2.05, 4.69) is 9.47 Å². The van der Waals surface area contributed by atoms with E-state index < -0.39 is 30.1 Å². The van der Waals surface area contributed by atoms with Gasteiger partial charge in [-0.1, -0.05) is 0 Å². The molecule has 0 saturated carbocycles. The standard InChI is InChI=1S/C12H16O7/c1-16-9(13)3-6-7(11(14)17-2)4-18-8-5-19-12(15)10(6)8/h4,6,8,10,12,15H,3,5H2,1-2H3. The molecule has 0 aromatic rings. The van der Waals surface area contributed by atoms with Gasteiger partial charge in [-0.2, -0.15) is 0 Å². The Morgan fingerprint density at radius 3 is 2.79 bits per heavy atom. The monoisotopic (exact) mass is 272 g/mol. The highest BCUT2D eigenvalue weighted by molar-refractivity contribution is 5.89. The van der Waals surface area contributed by atoms with Crippen LogP contribution in [0.15, 0.2) is 11.8 Å². The van der Waals surface area contributed by atoms with Crippen LogP contribution >= 0.6 is 0 Å². The summed E-state index contributed by atoms with van der Waals surface area (Å²) in [6, 6.07) is 0. The molecule has 19 heavy (non-hydrogen) atoms. The second-order valence-electron chi connectivity index (χ2n) is 4.43. The Bertz CT molecular complexity index is 403. The van der Waals surface area contributed by atoms with Crippen molar-refractivity contribution in [1.29, 1.82) is 0 Å². The summed E-state index contributed by atoms with van der Waals surface area (Å²) < 4.78 is 19.7. The lowest BCUT2D eigenvalue weighted by Gasteiger charge is -2.32. The molecule has 106 valence electrons. The summed E-state index contributed by atoms with van der Waals surface area (Å²) >= 11 is 0. The molecule has 4 atom stereocenters. The number of aliphatic hydroxyl groups is 1. The van der Waals surface area contributed by atoms with Crippen molar-refractivity contribution in [1.82, 2.24) is 0 Å². The average Bonchev–Trinajstić information content (AvgIpc) is 2.80. The molecule has 2 aliphatic heterocycles. The first-order valence-electron chi connectivity index (χ1n) is 5.88. The zero-order valence-electron chi connectivity index (χ0n) is 10.7. The summed E-state index contributed by atoms with van der Waals surface area (Å²) in [7, 11) is 2.51. The number of carbonyl (C=O) groups is 2. The number of ether oxygens (including phenoxy) is 4. The maximum absolute atomic E-state index is 11.7. The third kappa shape index (κ3) is 2.57. The highest BCUT2D eigenvalue weighted by Gasteiger charge is 2.48. The largest absolute Gasteiger partial charge is 0.495 e. The number of carbonyl (C=O) groups excluding carboxylic acids is 2. The van der Waals surface area contributed by atoms with Gasteiger partial charge in [-0.15, -0.1) is 0 Å². The van der Waals surface area contributed by atoms with E-state index in [1.807, 2.05) is 0 Å². The van der Waals surface area contributed by atoms with E-state index in [9.17, 15) is 14.7 Å². The van der Waals surface area contributed by atoms with Crippen molar-refractivity contribution < 1.29 is 33.6 Å². The summed E-state index contributed by atoms with van der Waals surface area (Å²) in [6.45, 7) is 0.217. The third-order valence-electron chi connectivity index (χ3n) is 3.46. The molecule has 2 aliphatic rings. The van der Waals surface area contributed by atoms with Gasteiger partial charge in [0.2, 0.25) is 0 Å². The normalized spacial score (nSPS) is 32.9. The summed E-state index contributed by atoms with van der Waals surface area (Å²) in [5, 5.41) is 9.82. The fraction of sp³-hybridized carbons (Fsp3) is 0.667. The van der Waals surface area contributed by atoms with Crippen molar-refractivity contribution in [2.45, 2.75) is 18.8 Å². The van der Waals surface area contributed by atoms with Crippen LogP contribution in [0.4, 0.5) is 0 Å². The molecule has 1 saturated heterocycles. The van der Waals surface area contributed by atoms with Gasteiger partial charge in [0.1, 0.15) is 6.10 Å². The summed E-state index contributed by atoms with van der Waals surface area (Å²) in [4.78, 5) is 23.2. The number of rotatable bonds is 3. The number of hydrogen-bond donors (Lipinski definition) is 1. The Hall–Kier alpha value is -1.60. The lowest BCUT2D eigenvalue weighted by atomic mass is 9.79. The Morgan fingerprint density at radius 2 is 2.16 bits per heavy atom. The Balaban J connectivity index is 2.26. The maximum Gasteiger partial charge on any atom is 0.337 e. The molecule has 0 amide bonds. The molecule has 0 spiro atoms. The van der Waals surface area contributed by atoms with Crippen molar-refractivity contribution in [2.75, 3.05) is 20.8 Å². The maximum atomic E-state index is 11.7. The molecule has 2 rings (SSSR count). The van der Waals surface area contributed by atoms with E-state index in [1.54, 1.807) is 0 Å². The van der Waals surface area contributed by atoms with Crippen molar-refractivity contribution in [3.63, 3.8) is 0 Å². The van der Waals surface area contributed by atoms with Gasteiger partial charge in [0.05, 0.1) is 45.0 Å². The van der Waals surface area contributed by atoms with Gasteiger partial charge < -0.3 is 24.1 Å². The first-order chi connectivity index (χ1) is 9.08. The first-order valence-corrected chi connectivity index (χ1v) is 5.88. The number of esters is 2. The molecule has 0 bridgehead atoms. The van der Waals surface area contributed by atoms with Gasteiger partial charge in [0, 0.05) is 5.92 Å². The summed E-state index contributed by atoms with van der Waals surface area (Å²) in [5.74, 6) is -2.10. The molecule has 2 heterocycles. The Kier molecular flexibility index (Phi) is 4.06. The van der Waals surface area contributed by atoms with E-state index in [0.717, 1.165) is 0 Å². The van der Waals surface area contributed by atoms with E-state index in [0.29, 0.717) is 0 Å². The summed E-state index contributed by atoms with van der Waals surface area (Å²) in [6.07, 6.45) is -0.212. The Labute approximate surface area is 110 Å². The fourth-order valence-electron chi connectivity index (χ4n) is 2.47. The zero-order valence-corrected chi connectivity index (χ0v) is 10.7. The molecule has 0 radical (unpaired) electrons. The topological polar surface area (TPSA) is 91.3 Å². The average molecular weight is 272 g/mol. The number of fused-ring (bicyclic) bond motifs is 1. The SMILES string of the molecule is COC(=O)CC1C(C(=O)OC)=COC2COC(O)C21. The van der Waals surface area contributed by atoms with E-state index >= 15 is 0 Å². The van der Waals surface area contributed by atoms with Crippen LogP contribution < -0.4 is 0 Å². The van der Waals surface area contributed by atoms with Crippen LogP contribution in [0.3, 0.4) is 0 Å². The number of hydrogen-bond acceptors (Lipinski definition) is 7. The highest BCUT2D eigenvalue weighted by Crippen LogP contribution is 2.39. The predicted molar refractivity (Wildman–Crippen MR) is 60.5 cm³/mol. The quantitative estimate of drug-likeness (QED) is 0.698. The molecule has 0 aromatic carbocycles. The summed E-state index contributed by atoms with van der Waals surface area (Å²) in [5.41, 5.74) is 0.207. The van der Waals surface area contributed by atoms with Crippen LogP contribution in [0.1, 0.15) is 6.42 Å². The van der Waals surface area contributed by atoms with Crippen molar-refractivity contribution in [3.05, 3.63) is 11.8 Å². The second kappa shape index (κ2) is 5.58. The molecule has 7 nitrogen and oxygen atoms in total. The fourth-order valence-corrected chi connectivity index (χ4v) is 2.47. The van der Waals surface area contributed by atoms with Crippen LogP contribution in [-0.2, 0) is 28.5 Å². The minimum Gasteiger partial charge on any atom is -0.495 e. The number of methoxy groups -OCH3 is 2. The van der Waals surface area contributed by atoms with Gasteiger partial charge in [-0.3, -0.25) is 4.79 Å². The van der Waals surface area contributed by atoms with E-state index in [1.165, 1.54) is 20.5 Å². The van der Waals surface area contributed by atoms with Crippen LogP contribution in [0.2, 0.25) is 0 Å². The Morgan fingerprint density at radius 1 is 1.42 bits per heavy atom. The molecule has 4 unspecified atom stereocenters. The van der Waals surface area contributed by atoms with Crippen LogP contribution in [0.25, 0.3) is 0 Å². The molecular weight excluding hydrogens is 256 g/mol. The molecule has 1 fully saturated rings. The highest BCUT2D eigenvalue weighted by atomic mass is 16.6. The van der Waals surface area contributed by atoms with Gasteiger partial charge in [-0.25, -0.2) is 4.79 Å². The molecule has 1 N–H and O–H groups in total. The first kappa shape index (κ1) is 13.8. The van der Waals surface area contributed by atoms with Crippen LogP contribution in [0, 0.1) is 11.8 Å². The smallest absolute Gasteiger partial charge is 0.337 e. The van der Waals surface area contributed by atoms with E-state index in [4.69, 9.17) is 9.47 Å². The molecule has 0 aromatic heterocycles. The molecular formula is C12H16O7. The molecule has 0 aliphatic carbocycles. The van der Waals surface area contributed by atoms with Gasteiger partial charge in [0.15, 0.2) is 6.29 Å². The van der Waals surface area contributed by atoms with Crippen molar-refractivity contribution >= 4 is 11.9 Å². The molecule has 7 heteroatoms. The van der Waals surface area contributed by atoms with Gasteiger partial charge in [0.25, 0.3) is 0 Å². The lowest BCUT2D eigenvalue weighted by Crippen LogP contribution is -2.40. The zero-order chi connectivity index (χ0) is 14.0. The van der Waals surface area contributed by atoms with Crippen molar-refractivity contribution in [3.8, 4) is 0 Å². The van der Waals surface area contributed by atoms with Crippen molar-refractivity contribution in [2.24, 2.45) is 11.8 Å². The lowest BCUT2D eigenvalue weighted by molar-refractivity contribution is -0.145. The van der Waals surface area contributed by atoms with E-state index in [-0.39, 0.29) is 24.7 Å². The number of aliphatic hydroxyl groups excluding tert-OH is 1. The van der Waals surface area contributed by atoms with Crippen LogP contribution in [-0.4, -0.2) is 50.3 Å². The van der Waals surface area contributed by atoms with Gasteiger partial charge in [-0.05, 0) is 0 Å².